The van der Waals surface area contributed by atoms with Crippen LogP contribution in [-0.4, -0.2) is 35.4 Å². The lowest BCUT2D eigenvalue weighted by atomic mass is 9.96. The van der Waals surface area contributed by atoms with Crippen molar-refractivity contribution >= 4 is 29.9 Å². The maximum Gasteiger partial charge on any atom is 0.191 e. The van der Waals surface area contributed by atoms with Gasteiger partial charge in [-0.05, 0) is 63.3 Å². The highest BCUT2D eigenvalue weighted by Gasteiger charge is 2.44. The first-order valence-electron chi connectivity index (χ1n) is 9.72. The van der Waals surface area contributed by atoms with E-state index in [0.29, 0.717) is 6.54 Å². The van der Waals surface area contributed by atoms with Crippen molar-refractivity contribution in [3.63, 3.8) is 0 Å². The second kappa shape index (κ2) is 9.71. The predicted molar refractivity (Wildman–Crippen MR) is 123 cm³/mol. The summed E-state index contributed by atoms with van der Waals surface area (Å²) in [4.78, 5) is 4.79. The second-order valence-electron chi connectivity index (χ2n) is 7.44. The molecule has 0 atom stereocenters. The monoisotopic (exact) mass is 499 g/mol. The Bertz CT molecular complexity index is 826. The molecule has 1 fully saturated rings. The third kappa shape index (κ3) is 5.24. The fraction of sp³-hybridized carbons (Fsp3) is 0.524. The maximum absolute atomic E-state index is 13.6. The van der Waals surface area contributed by atoms with Crippen molar-refractivity contribution in [1.82, 2.24) is 20.4 Å². The number of halogens is 2. The van der Waals surface area contributed by atoms with Crippen LogP contribution in [0.25, 0.3) is 0 Å². The van der Waals surface area contributed by atoms with E-state index >= 15 is 0 Å². The van der Waals surface area contributed by atoms with Gasteiger partial charge in [0.05, 0.1) is 12.2 Å². The van der Waals surface area contributed by atoms with Gasteiger partial charge in [-0.3, -0.25) is 9.67 Å². The van der Waals surface area contributed by atoms with Gasteiger partial charge in [-0.15, -0.1) is 24.0 Å². The number of aromatic nitrogens is 2. The summed E-state index contributed by atoms with van der Waals surface area (Å²) in [5.41, 5.74) is 4.64. The molecule has 0 bridgehead atoms. The molecule has 1 aromatic carbocycles. The molecule has 1 heterocycles. The van der Waals surface area contributed by atoms with Gasteiger partial charge in [0.1, 0.15) is 5.82 Å². The van der Waals surface area contributed by atoms with Gasteiger partial charge in [0.15, 0.2) is 5.96 Å². The highest BCUT2D eigenvalue weighted by Crippen LogP contribution is 2.48. The molecule has 0 aliphatic heterocycles. The van der Waals surface area contributed by atoms with Crippen molar-refractivity contribution in [2.45, 2.75) is 45.4 Å². The minimum atomic E-state index is -0.171. The van der Waals surface area contributed by atoms with Crippen molar-refractivity contribution in [3.05, 3.63) is 52.6 Å². The summed E-state index contributed by atoms with van der Waals surface area (Å²) in [5.74, 6) is 0.648. The number of nitrogens with zero attached hydrogens (tertiary/aromatic N) is 3. The SMILES string of the molecule is CCNC(=NCC1(c2cccc(F)c2)CC1)NCCc1c(C)nn(C)c1C.I. The number of rotatable bonds is 7. The molecule has 1 saturated carbocycles. The molecular weight excluding hydrogens is 468 g/mol. The Morgan fingerprint density at radius 3 is 2.61 bits per heavy atom. The first-order valence-corrected chi connectivity index (χ1v) is 9.72. The van der Waals surface area contributed by atoms with Crippen molar-refractivity contribution in [3.8, 4) is 0 Å². The summed E-state index contributed by atoms with van der Waals surface area (Å²) in [5, 5.41) is 11.2. The number of hydrogen-bond acceptors (Lipinski definition) is 2. The second-order valence-corrected chi connectivity index (χ2v) is 7.44. The quantitative estimate of drug-likeness (QED) is 0.348. The molecule has 0 saturated heterocycles. The average molecular weight is 499 g/mol. The van der Waals surface area contributed by atoms with Crippen LogP contribution in [0.1, 0.15) is 42.3 Å². The lowest BCUT2D eigenvalue weighted by Gasteiger charge is -2.16. The van der Waals surface area contributed by atoms with Crippen molar-refractivity contribution in [2.24, 2.45) is 12.0 Å². The summed E-state index contributed by atoms with van der Waals surface area (Å²) < 4.78 is 15.5. The van der Waals surface area contributed by atoms with E-state index in [4.69, 9.17) is 4.99 Å². The molecule has 0 radical (unpaired) electrons. The molecule has 0 amide bonds. The molecule has 7 heteroatoms. The van der Waals surface area contributed by atoms with Gasteiger partial charge in [-0.1, -0.05) is 12.1 Å². The van der Waals surface area contributed by atoms with Crippen LogP contribution in [0.15, 0.2) is 29.3 Å². The highest BCUT2D eigenvalue weighted by molar-refractivity contribution is 14.0. The van der Waals surface area contributed by atoms with Gasteiger partial charge in [0.25, 0.3) is 0 Å². The lowest BCUT2D eigenvalue weighted by Crippen LogP contribution is -2.39. The molecule has 1 aliphatic carbocycles. The predicted octanol–water partition coefficient (Wildman–Crippen LogP) is 3.62. The first-order chi connectivity index (χ1) is 12.9. The summed E-state index contributed by atoms with van der Waals surface area (Å²) in [6.07, 6.45) is 3.03. The van der Waals surface area contributed by atoms with Gasteiger partial charge in [-0.2, -0.15) is 5.10 Å². The van der Waals surface area contributed by atoms with E-state index in [1.165, 1.54) is 17.3 Å². The summed E-state index contributed by atoms with van der Waals surface area (Å²) in [7, 11) is 1.98. The largest absolute Gasteiger partial charge is 0.357 e. The Morgan fingerprint density at radius 2 is 2.04 bits per heavy atom. The zero-order valence-corrected chi connectivity index (χ0v) is 19.5. The molecule has 3 rings (SSSR count). The summed E-state index contributed by atoms with van der Waals surface area (Å²) in [6, 6.07) is 6.95. The van der Waals surface area contributed by atoms with E-state index in [2.05, 4.69) is 36.5 Å². The Morgan fingerprint density at radius 1 is 1.29 bits per heavy atom. The zero-order valence-electron chi connectivity index (χ0n) is 17.2. The van der Waals surface area contributed by atoms with Crippen LogP contribution < -0.4 is 10.6 Å². The third-order valence-electron chi connectivity index (χ3n) is 5.50. The van der Waals surface area contributed by atoms with Crippen LogP contribution in [0, 0.1) is 19.7 Å². The lowest BCUT2D eigenvalue weighted by molar-refractivity contribution is 0.615. The van der Waals surface area contributed by atoms with E-state index in [1.807, 2.05) is 17.8 Å². The fourth-order valence-electron chi connectivity index (χ4n) is 3.56. The highest BCUT2D eigenvalue weighted by atomic mass is 127. The molecule has 0 unspecified atom stereocenters. The van der Waals surface area contributed by atoms with Crippen LogP contribution in [-0.2, 0) is 18.9 Å². The minimum Gasteiger partial charge on any atom is -0.357 e. The molecule has 2 N–H and O–H groups in total. The standard InChI is InChI=1S/C21H30FN5.HI/c1-5-23-20(24-12-9-19-15(2)26-27(4)16(19)3)25-14-21(10-11-21)17-7-6-8-18(22)13-17;/h6-8,13H,5,9-12,14H2,1-4H3,(H2,23,24,25);1H. The molecule has 2 aromatic rings. The van der Waals surface area contributed by atoms with Gasteiger partial charge < -0.3 is 10.6 Å². The van der Waals surface area contributed by atoms with Gasteiger partial charge in [-0.25, -0.2) is 4.39 Å². The van der Waals surface area contributed by atoms with E-state index in [-0.39, 0.29) is 35.2 Å². The van der Waals surface area contributed by atoms with Crippen LogP contribution in [0.2, 0.25) is 0 Å². The smallest absolute Gasteiger partial charge is 0.191 e. The zero-order chi connectivity index (χ0) is 19.4. The number of hydrogen-bond donors (Lipinski definition) is 2. The van der Waals surface area contributed by atoms with Crippen molar-refractivity contribution in [1.29, 1.82) is 0 Å². The minimum absolute atomic E-state index is 0. The normalized spacial score (nSPS) is 15.1. The topological polar surface area (TPSA) is 54.2 Å². The number of nitrogens with one attached hydrogen (secondary N) is 2. The van der Waals surface area contributed by atoms with Gasteiger partial charge in [0.2, 0.25) is 0 Å². The molecule has 5 nitrogen and oxygen atoms in total. The molecule has 1 aromatic heterocycles. The number of benzene rings is 1. The van der Waals surface area contributed by atoms with Crippen molar-refractivity contribution < 1.29 is 4.39 Å². The van der Waals surface area contributed by atoms with Gasteiger partial charge in [0, 0.05) is 31.2 Å². The Balaban J connectivity index is 0.00000280. The maximum atomic E-state index is 13.6. The molecular formula is C21H31FIN5. The van der Waals surface area contributed by atoms with E-state index in [0.717, 1.165) is 49.6 Å². The summed E-state index contributed by atoms with van der Waals surface area (Å²) in [6.45, 7) is 8.50. The number of aryl methyl sites for hydroxylation is 2. The molecule has 28 heavy (non-hydrogen) atoms. The fourth-order valence-corrected chi connectivity index (χ4v) is 3.56. The third-order valence-corrected chi connectivity index (χ3v) is 5.50. The average Bonchev–Trinajstić information content (AvgIpc) is 3.39. The first kappa shape index (κ1) is 22.6. The van der Waals surface area contributed by atoms with Gasteiger partial charge >= 0.3 is 0 Å². The molecule has 154 valence electrons. The van der Waals surface area contributed by atoms with Crippen LogP contribution in [0.5, 0.6) is 0 Å². The summed E-state index contributed by atoms with van der Waals surface area (Å²) >= 11 is 0. The van der Waals surface area contributed by atoms with Crippen LogP contribution in [0.3, 0.4) is 0 Å². The molecule has 1 aliphatic rings. The Labute approximate surface area is 184 Å². The van der Waals surface area contributed by atoms with Crippen molar-refractivity contribution in [2.75, 3.05) is 19.6 Å². The van der Waals surface area contributed by atoms with E-state index in [9.17, 15) is 4.39 Å². The van der Waals surface area contributed by atoms with Crippen LogP contribution in [0.4, 0.5) is 4.39 Å². The van der Waals surface area contributed by atoms with E-state index in [1.54, 1.807) is 12.1 Å². The van der Waals surface area contributed by atoms with E-state index < -0.39 is 0 Å². The molecule has 0 spiro atoms. The Kier molecular flexibility index (Phi) is 7.86. The number of guanidine groups is 1. The Hall–Kier alpha value is -1.64. The number of aliphatic imine (C=N–C) groups is 1. The van der Waals surface area contributed by atoms with Crippen LogP contribution >= 0.6 is 24.0 Å².